The summed E-state index contributed by atoms with van der Waals surface area (Å²) in [7, 11) is 1.26. The molecule has 10 rings (SSSR count). The maximum absolute atomic E-state index is 13.9. The predicted molar refractivity (Wildman–Crippen MR) is 236 cm³/mol. The number of methoxy groups -OCH3 is 1. The van der Waals surface area contributed by atoms with Gasteiger partial charge in [0.2, 0.25) is 0 Å². The minimum Gasteiger partial charge on any atom is -0.478 e. The van der Waals surface area contributed by atoms with Crippen molar-refractivity contribution < 1.29 is 19.4 Å². The van der Waals surface area contributed by atoms with E-state index in [1.165, 1.54) is 13.2 Å². The van der Waals surface area contributed by atoms with E-state index in [0.717, 1.165) is 61.4 Å². The van der Waals surface area contributed by atoms with Crippen LogP contribution in [0.15, 0.2) is 146 Å². The number of carbonyl (C=O) groups is 2. The largest absolute Gasteiger partial charge is 0.478 e. The Morgan fingerprint density at radius 2 is 0.898 bits per heavy atom. The highest BCUT2D eigenvalue weighted by Crippen LogP contribution is 2.43. The summed E-state index contributed by atoms with van der Waals surface area (Å²) in [5.41, 5.74) is 12.4. The van der Waals surface area contributed by atoms with Crippen LogP contribution in [0.3, 0.4) is 0 Å². The first kappa shape index (κ1) is 35.3. The second-order valence-electron chi connectivity index (χ2n) is 14.3. The Hall–Kier alpha value is -8.10. The third-order valence-corrected chi connectivity index (χ3v) is 10.9. The number of aromatic carboxylic acids is 1. The van der Waals surface area contributed by atoms with E-state index in [0.29, 0.717) is 38.8 Å². The van der Waals surface area contributed by atoms with Gasteiger partial charge in [-0.3, -0.25) is 0 Å². The average molecular weight is 767 g/mol. The lowest BCUT2D eigenvalue weighted by Crippen LogP contribution is -2.10. The Morgan fingerprint density at radius 3 is 1.32 bits per heavy atom. The van der Waals surface area contributed by atoms with Gasteiger partial charge < -0.3 is 19.8 Å². The van der Waals surface area contributed by atoms with Crippen LogP contribution in [0.1, 0.15) is 43.5 Å². The fraction of sp³-hybridized carbons (Fsp3) is 0.0196. The van der Waals surface area contributed by atoms with Crippen molar-refractivity contribution in [2.45, 2.75) is 0 Å². The zero-order valence-electron chi connectivity index (χ0n) is 31.7. The quantitative estimate of drug-likeness (QED) is 0.145. The number of carbonyl (C=O) groups excluding carboxylic acids is 1. The summed E-state index contributed by atoms with van der Waals surface area (Å²) in [6.45, 7) is 0. The first-order valence-electron chi connectivity index (χ1n) is 19.2. The fourth-order valence-electron chi connectivity index (χ4n) is 8.31. The van der Waals surface area contributed by atoms with Crippen molar-refractivity contribution in [2.24, 2.45) is 0 Å². The molecule has 0 aliphatic carbocycles. The van der Waals surface area contributed by atoms with Crippen molar-refractivity contribution in [1.82, 2.24) is 19.9 Å². The highest BCUT2D eigenvalue weighted by atomic mass is 16.5. The molecule has 8 bridgehead atoms. The molecule has 2 aliphatic rings. The second kappa shape index (κ2) is 14.4. The van der Waals surface area contributed by atoms with Crippen LogP contribution in [0.2, 0.25) is 0 Å². The first-order chi connectivity index (χ1) is 29.0. The molecular weight excluding hydrogens is 733 g/mol. The van der Waals surface area contributed by atoms with Crippen molar-refractivity contribution in [1.29, 1.82) is 0 Å². The molecule has 0 atom stereocenters. The molecule has 0 unspecified atom stereocenters. The molecule has 8 nitrogen and oxygen atoms in total. The van der Waals surface area contributed by atoms with E-state index < -0.39 is 11.9 Å². The summed E-state index contributed by atoms with van der Waals surface area (Å²) < 4.78 is 5.34. The maximum Gasteiger partial charge on any atom is 0.339 e. The van der Waals surface area contributed by atoms with E-state index in [1.54, 1.807) is 6.07 Å². The van der Waals surface area contributed by atoms with Crippen LogP contribution in [-0.2, 0) is 4.74 Å². The van der Waals surface area contributed by atoms with E-state index in [2.05, 4.69) is 46.4 Å². The standard InChI is InChI=1S/C51H34N4O4/c1-59-51(58)47-35(50(56)57)23-22-34-46(47)49-45(33-20-12-5-13-21-33)41-29-27-39(54-41)43(31-16-8-3-9-17-31)37-25-24-36(52-37)42(30-14-6-2-7-15-30)38-26-28-40(53-38)44(48(34)55-49)32-18-10-4-11-19-32/h2-29,52,55H,1H3,(H,56,57). The summed E-state index contributed by atoms with van der Waals surface area (Å²) in [5, 5.41) is 11.6. The second-order valence-corrected chi connectivity index (χ2v) is 14.3. The van der Waals surface area contributed by atoms with Crippen LogP contribution in [0.25, 0.3) is 102 Å². The molecule has 282 valence electrons. The molecule has 2 aliphatic heterocycles. The van der Waals surface area contributed by atoms with Crippen molar-refractivity contribution >= 4 is 69.1 Å². The number of nitrogens with one attached hydrogen (secondary N) is 2. The molecule has 5 heterocycles. The Morgan fingerprint density at radius 1 is 0.492 bits per heavy atom. The first-order valence-corrected chi connectivity index (χ1v) is 19.2. The highest BCUT2D eigenvalue weighted by molar-refractivity contribution is 6.25. The summed E-state index contributed by atoms with van der Waals surface area (Å²) in [6, 6.07) is 47.5. The minimum atomic E-state index is -1.25. The summed E-state index contributed by atoms with van der Waals surface area (Å²) in [5.74, 6) is -2.02. The molecule has 8 aromatic rings. The van der Waals surface area contributed by atoms with Crippen molar-refractivity contribution in [3.63, 3.8) is 0 Å². The lowest BCUT2D eigenvalue weighted by atomic mass is 9.95. The predicted octanol–water partition coefficient (Wildman–Crippen LogP) is 12.0. The van der Waals surface area contributed by atoms with E-state index in [1.807, 2.05) is 121 Å². The Labute approximate surface area is 338 Å². The number of ether oxygens (including phenoxy) is 1. The number of fused-ring (bicyclic) bond motifs is 11. The molecular formula is C51H34N4O4. The number of H-pyrrole nitrogens is 2. The lowest BCUT2D eigenvalue weighted by Gasteiger charge is -2.09. The summed E-state index contributed by atoms with van der Waals surface area (Å²) in [4.78, 5) is 45.1. The van der Waals surface area contributed by atoms with Gasteiger partial charge in [0.1, 0.15) is 0 Å². The number of benzene rings is 5. The van der Waals surface area contributed by atoms with Crippen molar-refractivity contribution in [2.75, 3.05) is 7.11 Å². The molecule has 0 radical (unpaired) electrons. The van der Waals surface area contributed by atoms with Crippen LogP contribution >= 0.6 is 0 Å². The molecule has 8 heteroatoms. The van der Waals surface area contributed by atoms with Gasteiger partial charge in [0.25, 0.3) is 0 Å². The van der Waals surface area contributed by atoms with E-state index in [9.17, 15) is 14.7 Å². The van der Waals surface area contributed by atoms with Gasteiger partial charge in [-0.2, -0.15) is 0 Å². The molecule has 0 saturated carbocycles. The third-order valence-electron chi connectivity index (χ3n) is 10.9. The molecule has 0 amide bonds. The number of hydrogen-bond donors (Lipinski definition) is 3. The number of hydrogen-bond acceptors (Lipinski definition) is 5. The molecule has 0 saturated heterocycles. The molecule has 0 fully saturated rings. The van der Waals surface area contributed by atoms with Crippen LogP contribution < -0.4 is 0 Å². The van der Waals surface area contributed by atoms with Gasteiger partial charge >= 0.3 is 11.9 Å². The van der Waals surface area contributed by atoms with Gasteiger partial charge in [-0.15, -0.1) is 0 Å². The number of carboxylic acids is 1. The molecule has 3 N–H and O–H groups in total. The topological polar surface area (TPSA) is 121 Å². The van der Waals surface area contributed by atoms with E-state index >= 15 is 0 Å². The highest BCUT2D eigenvalue weighted by Gasteiger charge is 2.27. The number of aromatic amines is 2. The average Bonchev–Trinajstić information content (AvgIpc) is 4.12. The van der Waals surface area contributed by atoms with Crippen LogP contribution in [0, 0.1) is 0 Å². The van der Waals surface area contributed by atoms with Gasteiger partial charge in [-0.05, 0) is 64.8 Å². The summed E-state index contributed by atoms with van der Waals surface area (Å²) in [6.07, 6.45) is 8.02. The minimum absolute atomic E-state index is 0.0634. The Bertz CT molecular complexity index is 3220. The van der Waals surface area contributed by atoms with Gasteiger partial charge in [-0.25, -0.2) is 19.6 Å². The van der Waals surface area contributed by atoms with Crippen LogP contribution in [0.4, 0.5) is 0 Å². The Balaban J connectivity index is 1.52. The third kappa shape index (κ3) is 6.02. The molecule has 0 spiro atoms. The number of carboxylic acid groups (broad SMARTS) is 1. The number of rotatable bonds is 6. The number of nitrogens with zero attached hydrogens (tertiary/aromatic N) is 2. The maximum atomic E-state index is 13.9. The Kier molecular flexibility index (Phi) is 8.65. The van der Waals surface area contributed by atoms with Crippen molar-refractivity contribution in [3.8, 4) is 44.5 Å². The smallest absolute Gasteiger partial charge is 0.339 e. The van der Waals surface area contributed by atoms with Crippen LogP contribution in [0.5, 0.6) is 0 Å². The van der Waals surface area contributed by atoms with Gasteiger partial charge in [0, 0.05) is 44.1 Å². The van der Waals surface area contributed by atoms with Gasteiger partial charge in [0.15, 0.2) is 0 Å². The molecule has 3 aromatic heterocycles. The van der Waals surface area contributed by atoms with E-state index in [4.69, 9.17) is 14.7 Å². The fourth-order valence-corrected chi connectivity index (χ4v) is 8.31. The van der Waals surface area contributed by atoms with Crippen LogP contribution in [-0.4, -0.2) is 44.1 Å². The zero-order chi connectivity index (χ0) is 40.0. The van der Waals surface area contributed by atoms with E-state index in [-0.39, 0.29) is 11.1 Å². The van der Waals surface area contributed by atoms with Gasteiger partial charge in [-0.1, -0.05) is 127 Å². The SMILES string of the molecule is COC(=O)c1c(C(=O)O)ccc2c3[nH]c(c(-c4ccccc4)c4nc(c(-c5ccccc5)c5ccc([nH]5)c(-c5ccccc5)c5nc(c3-c3ccccc3)C=C5)C=C4)c12. The molecule has 5 aromatic carbocycles. The monoisotopic (exact) mass is 766 g/mol. The van der Waals surface area contributed by atoms with Crippen molar-refractivity contribution in [3.05, 3.63) is 179 Å². The molecule has 59 heavy (non-hydrogen) atoms. The zero-order valence-corrected chi connectivity index (χ0v) is 31.7. The lowest BCUT2D eigenvalue weighted by molar-refractivity contribution is 0.0585. The normalized spacial score (nSPS) is 11.9. The van der Waals surface area contributed by atoms with Gasteiger partial charge in [0.05, 0.1) is 52.0 Å². The number of esters is 1. The summed E-state index contributed by atoms with van der Waals surface area (Å²) >= 11 is 0. The number of aromatic nitrogens is 4.